The molecule has 14 heavy (non-hydrogen) atoms. The molecular weight excluding hydrogens is 198 g/mol. The Bertz CT molecular complexity index is 383. The SMILES string of the molecule is Cl.NCc1nccn1-c1ccccc1. The number of rotatable bonds is 2. The highest BCUT2D eigenvalue weighted by Crippen LogP contribution is 2.08. The Morgan fingerprint density at radius 3 is 2.57 bits per heavy atom. The third-order valence-electron chi connectivity index (χ3n) is 1.93. The molecule has 0 bridgehead atoms. The maximum Gasteiger partial charge on any atom is 0.126 e. The molecule has 0 aliphatic heterocycles. The molecule has 0 atom stereocenters. The third-order valence-corrected chi connectivity index (χ3v) is 1.93. The second-order valence-electron chi connectivity index (χ2n) is 2.75. The van der Waals surface area contributed by atoms with Crippen molar-refractivity contribution >= 4 is 12.4 Å². The molecule has 1 aromatic heterocycles. The second-order valence-corrected chi connectivity index (χ2v) is 2.75. The molecule has 0 saturated heterocycles. The molecule has 1 aromatic carbocycles. The lowest BCUT2D eigenvalue weighted by atomic mass is 10.3. The van der Waals surface area contributed by atoms with E-state index in [1.165, 1.54) is 0 Å². The summed E-state index contributed by atoms with van der Waals surface area (Å²) in [6.07, 6.45) is 3.67. The van der Waals surface area contributed by atoms with Crippen molar-refractivity contribution in [1.29, 1.82) is 0 Å². The van der Waals surface area contributed by atoms with Crippen LogP contribution in [0.4, 0.5) is 0 Å². The van der Waals surface area contributed by atoms with Gasteiger partial charge in [0.15, 0.2) is 0 Å². The monoisotopic (exact) mass is 209 g/mol. The normalized spacial score (nSPS) is 9.50. The van der Waals surface area contributed by atoms with Crippen molar-refractivity contribution in [2.24, 2.45) is 5.73 Å². The van der Waals surface area contributed by atoms with Crippen LogP contribution in [-0.4, -0.2) is 9.55 Å². The van der Waals surface area contributed by atoms with E-state index in [1.54, 1.807) is 6.20 Å². The Morgan fingerprint density at radius 1 is 1.21 bits per heavy atom. The van der Waals surface area contributed by atoms with Crippen LogP contribution in [-0.2, 0) is 6.54 Å². The number of nitrogens with two attached hydrogens (primary N) is 1. The van der Waals surface area contributed by atoms with Crippen LogP contribution in [0.25, 0.3) is 5.69 Å². The van der Waals surface area contributed by atoms with Gasteiger partial charge in [0.1, 0.15) is 5.82 Å². The summed E-state index contributed by atoms with van der Waals surface area (Å²) in [7, 11) is 0. The summed E-state index contributed by atoms with van der Waals surface area (Å²) in [5.41, 5.74) is 6.65. The van der Waals surface area contributed by atoms with E-state index < -0.39 is 0 Å². The van der Waals surface area contributed by atoms with Gasteiger partial charge >= 0.3 is 0 Å². The molecule has 3 nitrogen and oxygen atoms in total. The summed E-state index contributed by atoms with van der Waals surface area (Å²) in [5.74, 6) is 0.881. The Labute approximate surface area is 89.0 Å². The zero-order valence-corrected chi connectivity index (χ0v) is 8.45. The average Bonchev–Trinajstić information content (AvgIpc) is 2.67. The summed E-state index contributed by atoms with van der Waals surface area (Å²) >= 11 is 0. The number of hydrogen-bond donors (Lipinski definition) is 1. The molecular formula is C10H12ClN3. The van der Waals surface area contributed by atoms with Crippen molar-refractivity contribution in [3.05, 3.63) is 48.5 Å². The van der Waals surface area contributed by atoms with E-state index >= 15 is 0 Å². The van der Waals surface area contributed by atoms with E-state index in [9.17, 15) is 0 Å². The number of nitrogens with zero attached hydrogens (tertiary/aromatic N) is 2. The predicted octanol–water partition coefficient (Wildman–Crippen LogP) is 1.75. The molecule has 2 rings (SSSR count). The lowest BCUT2D eigenvalue weighted by Gasteiger charge is -2.04. The summed E-state index contributed by atoms with van der Waals surface area (Å²) in [5, 5.41) is 0. The zero-order valence-electron chi connectivity index (χ0n) is 7.63. The first-order valence-electron chi connectivity index (χ1n) is 4.19. The van der Waals surface area contributed by atoms with Crippen molar-refractivity contribution in [3.8, 4) is 5.69 Å². The second kappa shape index (κ2) is 4.79. The lowest BCUT2D eigenvalue weighted by Crippen LogP contribution is -2.05. The summed E-state index contributed by atoms with van der Waals surface area (Å²) in [4.78, 5) is 4.15. The first kappa shape index (κ1) is 10.8. The molecule has 0 amide bonds. The van der Waals surface area contributed by atoms with Gasteiger partial charge in [0.25, 0.3) is 0 Å². The molecule has 2 N–H and O–H groups in total. The standard InChI is InChI=1S/C10H11N3.ClH/c11-8-10-12-6-7-13(10)9-4-2-1-3-5-9;/h1-7H,8,11H2;1H. The van der Waals surface area contributed by atoms with E-state index in [0.717, 1.165) is 11.5 Å². The molecule has 0 aliphatic rings. The third kappa shape index (κ3) is 1.95. The number of halogens is 1. The quantitative estimate of drug-likeness (QED) is 0.819. The summed E-state index contributed by atoms with van der Waals surface area (Å²) in [6, 6.07) is 10.0. The van der Waals surface area contributed by atoms with Crippen LogP contribution < -0.4 is 5.73 Å². The Hall–Kier alpha value is -1.32. The van der Waals surface area contributed by atoms with E-state index in [1.807, 2.05) is 41.1 Å². The number of para-hydroxylation sites is 1. The highest BCUT2D eigenvalue weighted by Gasteiger charge is 2.00. The minimum absolute atomic E-state index is 0. The van der Waals surface area contributed by atoms with E-state index in [4.69, 9.17) is 5.73 Å². The maximum atomic E-state index is 5.55. The molecule has 2 aromatic rings. The van der Waals surface area contributed by atoms with Gasteiger partial charge in [-0.15, -0.1) is 12.4 Å². The van der Waals surface area contributed by atoms with Crippen LogP contribution in [0.1, 0.15) is 5.82 Å². The number of benzene rings is 1. The highest BCUT2D eigenvalue weighted by molar-refractivity contribution is 5.85. The van der Waals surface area contributed by atoms with Gasteiger partial charge in [-0.2, -0.15) is 0 Å². The number of hydrogen-bond acceptors (Lipinski definition) is 2. The van der Waals surface area contributed by atoms with Gasteiger partial charge in [0, 0.05) is 18.1 Å². The molecule has 0 spiro atoms. The fourth-order valence-corrected chi connectivity index (χ4v) is 1.31. The van der Waals surface area contributed by atoms with Crippen molar-refractivity contribution < 1.29 is 0 Å². The first-order chi connectivity index (χ1) is 6.42. The minimum Gasteiger partial charge on any atom is -0.324 e. The summed E-state index contributed by atoms with van der Waals surface area (Å²) in [6.45, 7) is 0.460. The molecule has 4 heteroatoms. The summed E-state index contributed by atoms with van der Waals surface area (Å²) < 4.78 is 1.99. The molecule has 1 heterocycles. The average molecular weight is 210 g/mol. The van der Waals surface area contributed by atoms with Crippen molar-refractivity contribution in [1.82, 2.24) is 9.55 Å². The highest BCUT2D eigenvalue weighted by atomic mass is 35.5. The van der Waals surface area contributed by atoms with Crippen LogP contribution in [0, 0.1) is 0 Å². The smallest absolute Gasteiger partial charge is 0.126 e. The van der Waals surface area contributed by atoms with Gasteiger partial charge in [0.05, 0.1) is 6.54 Å². The Balaban J connectivity index is 0.000000980. The fourth-order valence-electron chi connectivity index (χ4n) is 1.31. The van der Waals surface area contributed by atoms with E-state index in [0.29, 0.717) is 6.54 Å². The van der Waals surface area contributed by atoms with Crippen LogP contribution in [0.2, 0.25) is 0 Å². The lowest BCUT2D eigenvalue weighted by molar-refractivity contribution is 0.868. The molecule has 0 saturated carbocycles. The van der Waals surface area contributed by atoms with Gasteiger partial charge in [-0.3, -0.25) is 0 Å². The van der Waals surface area contributed by atoms with Crippen LogP contribution in [0.5, 0.6) is 0 Å². The van der Waals surface area contributed by atoms with Gasteiger partial charge < -0.3 is 10.3 Å². The maximum absolute atomic E-state index is 5.55. The van der Waals surface area contributed by atoms with Crippen molar-refractivity contribution in [2.45, 2.75) is 6.54 Å². The predicted molar refractivity (Wildman–Crippen MR) is 58.7 cm³/mol. The zero-order chi connectivity index (χ0) is 9.10. The van der Waals surface area contributed by atoms with Crippen molar-refractivity contribution in [2.75, 3.05) is 0 Å². The fraction of sp³-hybridized carbons (Fsp3) is 0.100. The minimum atomic E-state index is 0. The van der Waals surface area contributed by atoms with E-state index in [2.05, 4.69) is 4.98 Å². The first-order valence-corrected chi connectivity index (χ1v) is 4.19. The van der Waals surface area contributed by atoms with E-state index in [-0.39, 0.29) is 12.4 Å². The molecule has 0 fully saturated rings. The van der Waals surface area contributed by atoms with Gasteiger partial charge in [-0.25, -0.2) is 4.98 Å². The Morgan fingerprint density at radius 2 is 1.93 bits per heavy atom. The molecule has 0 aliphatic carbocycles. The topological polar surface area (TPSA) is 43.8 Å². The van der Waals surface area contributed by atoms with Crippen LogP contribution in [0.15, 0.2) is 42.7 Å². The van der Waals surface area contributed by atoms with Gasteiger partial charge in [-0.1, -0.05) is 18.2 Å². The number of aromatic nitrogens is 2. The van der Waals surface area contributed by atoms with Gasteiger partial charge in [0.2, 0.25) is 0 Å². The van der Waals surface area contributed by atoms with Crippen LogP contribution in [0.3, 0.4) is 0 Å². The number of imidazole rings is 1. The van der Waals surface area contributed by atoms with Gasteiger partial charge in [-0.05, 0) is 12.1 Å². The molecule has 0 unspecified atom stereocenters. The Kier molecular flexibility index (Phi) is 3.68. The van der Waals surface area contributed by atoms with Crippen molar-refractivity contribution in [3.63, 3.8) is 0 Å². The molecule has 74 valence electrons. The molecule has 0 radical (unpaired) electrons. The largest absolute Gasteiger partial charge is 0.324 e. The van der Waals surface area contributed by atoms with Crippen LogP contribution >= 0.6 is 12.4 Å².